The number of amides is 1. The first-order valence-corrected chi connectivity index (χ1v) is 8.31. The smallest absolute Gasteiger partial charge is 0.270 e. The van der Waals surface area contributed by atoms with Gasteiger partial charge in [0, 0.05) is 5.69 Å². The highest BCUT2D eigenvalue weighted by Crippen LogP contribution is 2.22. The van der Waals surface area contributed by atoms with Gasteiger partial charge in [0.05, 0.1) is 10.2 Å². The molecule has 122 valence electrons. The average Bonchev–Trinajstić information content (AvgIpc) is 2.97. The SMILES string of the molecule is Cc1ccc(NC(=O)/C=N\OCc2nc3ccccc3s2)c(C)c1. The lowest BCUT2D eigenvalue weighted by Gasteiger charge is -2.06. The lowest BCUT2D eigenvalue weighted by Crippen LogP contribution is -2.13. The second kappa shape index (κ2) is 7.23. The number of nitrogens with zero attached hydrogens (tertiary/aromatic N) is 2. The number of para-hydroxylation sites is 1. The molecule has 0 aliphatic heterocycles. The number of hydrogen-bond acceptors (Lipinski definition) is 5. The lowest BCUT2D eigenvalue weighted by atomic mass is 10.1. The van der Waals surface area contributed by atoms with E-state index in [1.807, 2.05) is 56.3 Å². The average molecular weight is 339 g/mol. The molecule has 0 saturated carbocycles. The number of aryl methyl sites for hydroxylation is 2. The van der Waals surface area contributed by atoms with Gasteiger partial charge in [0.2, 0.25) is 0 Å². The van der Waals surface area contributed by atoms with Crippen LogP contribution in [0.3, 0.4) is 0 Å². The van der Waals surface area contributed by atoms with Gasteiger partial charge in [0.15, 0.2) is 6.61 Å². The molecule has 3 rings (SSSR count). The number of oxime groups is 1. The molecular formula is C18H17N3O2S. The molecular weight excluding hydrogens is 322 g/mol. The number of aromatic nitrogens is 1. The Kier molecular flexibility index (Phi) is 4.86. The number of carbonyl (C=O) groups is 1. The van der Waals surface area contributed by atoms with Crippen molar-refractivity contribution >= 4 is 39.4 Å². The summed E-state index contributed by atoms with van der Waals surface area (Å²) in [5, 5.41) is 7.31. The maximum absolute atomic E-state index is 11.8. The first-order valence-electron chi connectivity index (χ1n) is 7.50. The van der Waals surface area contributed by atoms with Crippen LogP contribution in [0.5, 0.6) is 0 Å². The fraction of sp³-hybridized carbons (Fsp3) is 0.167. The maximum atomic E-state index is 11.8. The summed E-state index contributed by atoms with van der Waals surface area (Å²) in [4.78, 5) is 21.4. The van der Waals surface area contributed by atoms with Crippen molar-refractivity contribution in [3.63, 3.8) is 0 Å². The summed E-state index contributed by atoms with van der Waals surface area (Å²) < 4.78 is 1.10. The summed E-state index contributed by atoms with van der Waals surface area (Å²) in [5.41, 5.74) is 3.87. The first-order chi connectivity index (χ1) is 11.6. The summed E-state index contributed by atoms with van der Waals surface area (Å²) in [7, 11) is 0. The van der Waals surface area contributed by atoms with E-state index in [-0.39, 0.29) is 12.5 Å². The molecule has 0 unspecified atom stereocenters. The molecule has 0 fully saturated rings. The zero-order chi connectivity index (χ0) is 16.9. The van der Waals surface area contributed by atoms with Crippen LogP contribution < -0.4 is 5.32 Å². The monoisotopic (exact) mass is 339 g/mol. The molecule has 1 heterocycles. The van der Waals surface area contributed by atoms with E-state index in [9.17, 15) is 4.79 Å². The van der Waals surface area contributed by atoms with E-state index in [0.717, 1.165) is 38.3 Å². The van der Waals surface area contributed by atoms with Crippen molar-refractivity contribution in [1.82, 2.24) is 4.98 Å². The zero-order valence-corrected chi connectivity index (χ0v) is 14.3. The quantitative estimate of drug-likeness (QED) is 0.563. The van der Waals surface area contributed by atoms with Crippen molar-refractivity contribution in [2.24, 2.45) is 5.16 Å². The molecule has 0 radical (unpaired) electrons. The number of nitrogens with one attached hydrogen (secondary N) is 1. The number of hydrogen-bond donors (Lipinski definition) is 1. The van der Waals surface area contributed by atoms with Gasteiger partial charge in [-0.25, -0.2) is 4.98 Å². The molecule has 1 aromatic heterocycles. The Bertz CT molecular complexity index is 869. The molecule has 0 aliphatic carbocycles. The Balaban J connectivity index is 1.53. The zero-order valence-electron chi connectivity index (χ0n) is 13.4. The van der Waals surface area contributed by atoms with E-state index in [0.29, 0.717) is 0 Å². The van der Waals surface area contributed by atoms with Crippen LogP contribution in [0.15, 0.2) is 47.6 Å². The number of carbonyl (C=O) groups excluding carboxylic acids is 1. The van der Waals surface area contributed by atoms with Crippen molar-refractivity contribution in [3.05, 3.63) is 58.6 Å². The van der Waals surface area contributed by atoms with Gasteiger partial charge in [0.1, 0.15) is 11.2 Å². The van der Waals surface area contributed by atoms with Gasteiger partial charge in [-0.3, -0.25) is 4.79 Å². The second-order valence-electron chi connectivity index (χ2n) is 5.39. The van der Waals surface area contributed by atoms with Crippen molar-refractivity contribution in [3.8, 4) is 0 Å². The topological polar surface area (TPSA) is 63.6 Å². The molecule has 1 amide bonds. The Hall–Kier alpha value is -2.73. The number of thiazole rings is 1. The highest BCUT2D eigenvalue weighted by Gasteiger charge is 2.04. The minimum atomic E-state index is -0.328. The Morgan fingerprint density at radius 1 is 1.29 bits per heavy atom. The van der Waals surface area contributed by atoms with E-state index >= 15 is 0 Å². The molecule has 0 aliphatic rings. The summed E-state index contributed by atoms with van der Waals surface area (Å²) in [6, 6.07) is 13.7. The van der Waals surface area contributed by atoms with Gasteiger partial charge in [-0.2, -0.15) is 0 Å². The normalized spacial score (nSPS) is 11.1. The van der Waals surface area contributed by atoms with Gasteiger partial charge in [-0.15, -0.1) is 11.3 Å². The second-order valence-corrected chi connectivity index (χ2v) is 6.51. The number of benzene rings is 2. The molecule has 5 nitrogen and oxygen atoms in total. The molecule has 3 aromatic rings. The van der Waals surface area contributed by atoms with Crippen LogP contribution in [-0.4, -0.2) is 17.1 Å². The van der Waals surface area contributed by atoms with Crippen molar-refractivity contribution in [1.29, 1.82) is 0 Å². The fourth-order valence-electron chi connectivity index (χ4n) is 2.28. The molecule has 24 heavy (non-hydrogen) atoms. The van der Waals surface area contributed by atoms with Gasteiger partial charge in [-0.1, -0.05) is 35.0 Å². The third kappa shape index (κ3) is 3.97. The Morgan fingerprint density at radius 2 is 2.12 bits per heavy atom. The Morgan fingerprint density at radius 3 is 2.92 bits per heavy atom. The van der Waals surface area contributed by atoms with Crippen LogP contribution in [0.25, 0.3) is 10.2 Å². The number of fused-ring (bicyclic) bond motifs is 1. The molecule has 2 aromatic carbocycles. The summed E-state index contributed by atoms with van der Waals surface area (Å²) in [6.07, 6.45) is 1.13. The van der Waals surface area contributed by atoms with Crippen LogP contribution >= 0.6 is 11.3 Å². The highest BCUT2D eigenvalue weighted by molar-refractivity contribution is 7.18. The third-order valence-electron chi connectivity index (χ3n) is 3.41. The minimum absolute atomic E-state index is 0.243. The summed E-state index contributed by atoms with van der Waals surface area (Å²) >= 11 is 1.55. The van der Waals surface area contributed by atoms with Crippen LogP contribution in [0.2, 0.25) is 0 Å². The Labute approximate surface area is 144 Å². The number of anilines is 1. The molecule has 0 spiro atoms. The van der Waals surface area contributed by atoms with Gasteiger partial charge in [0.25, 0.3) is 5.91 Å². The van der Waals surface area contributed by atoms with Gasteiger partial charge < -0.3 is 10.2 Å². The standard InChI is InChI=1S/C18H17N3O2S/c1-12-7-8-14(13(2)9-12)20-17(22)10-19-23-11-18-21-15-5-3-4-6-16(15)24-18/h3-10H,11H2,1-2H3,(H,20,22)/b19-10-. The van der Waals surface area contributed by atoms with Crippen molar-refractivity contribution < 1.29 is 9.63 Å². The molecule has 6 heteroatoms. The maximum Gasteiger partial charge on any atom is 0.270 e. The molecule has 1 N–H and O–H groups in total. The van der Waals surface area contributed by atoms with Crippen molar-refractivity contribution in [2.75, 3.05) is 5.32 Å². The predicted molar refractivity (Wildman–Crippen MR) is 97.4 cm³/mol. The highest BCUT2D eigenvalue weighted by atomic mass is 32.1. The van der Waals surface area contributed by atoms with Crippen LogP contribution in [0.4, 0.5) is 5.69 Å². The van der Waals surface area contributed by atoms with E-state index in [2.05, 4.69) is 15.5 Å². The summed E-state index contributed by atoms with van der Waals surface area (Å²) in [5.74, 6) is -0.328. The van der Waals surface area contributed by atoms with E-state index < -0.39 is 0 Å². The molecule has 0 saturated heterocycles. The molecule has 0 atom stereocenters. The molecule has 0 bridgehead atoms. The largest absolute Gasteiger partial charge is 0.388 e. The predicted octanol–water partition coefficient (Wildman–Crippen LogP) is 4.05. The third-order valence-corrected chi connectivity index (χ3v) is 4.42. The number of rotatable bonds is 5. The van der Waals surface area contributed by atoms with Crippen molar-refractivity contribution in [2.45, 2.75) is 20.5 Å². The van der Waals surface area contributed by atoms with Crippen LogP contribution in [0, 0.1) is 13.8 Å². The van der Waals surface area contributed by atoms with E-state index in [1.54, 1.807) is 11.3 Å². The first kappa shape index (κ1) is 16.1. The van der Waals surface area contributed by atoms with Gasteiger partial charge in [-0.05, 0) is 37.6 Å². The minimum Gasteiger partial charge on any atom is -0.388 e. The summed E-state index contributed by atoms with van der Waals surface area (Å²) in [6.45, 7) is 4.20. The fourth-order valence-corrected chi connectivity index (χ4v) is 3.15. The lowest BCUT2D eigenvalue weighted by molar-refractivity contribution is -0.110. The van der Waals surface area contributed by atoms with Crippen LogP contribution in [0.1, 0.15) is 16.1 Å². The van der Waals surface area contributed by atoms with E-state index in [4.69, 9.17) is 4.84 Å². The van der Waals surface area contributed by atoms with Crippen LogP contribution in [-0.2, 0) is 16.2 Å². The van der Waals surface area contributed by atoms with E-state index in [1.165, 1.54) is 0 Å². The van der Waals surface area contributed by atoms with Gasteiger partial charge >= 0.3 is 0 Å².